The Morgan fingerprint density at radius 3 is 2.43 bits per heavy atom. The number of para-hydroxylation sites is 2. The Kier molecular flexibility index (Phi) is 9.02. The lowest BCUT2D eigenvalue weighted by molar-refractivity contribution is -0.276. The first-order valence-electron chi connectivity index (χ1n) is 15.1. The van der Waals surface area contributed by atoms with Gasteiger partial charge < -0.3 is 29.8 Å². The predicted octanol–water partition coefficient (Wildman–Crippen LogP) is 6.51. The third kappa shape index (κ3) is 6.53. The molecule has 1 saturated heterocycles. The number of hydrogen-bond donors (Lipinski definition) is 3. The van der Waals surface area contributed by atoms with Crippen LogP contribution >= 0.6 is 0 Å². The molecule has 0 saturated carbocycles. The van der Waals surface area contributed by atoms with Gasteiger partial charge in [0.25, 0.3) is 0 Å². The minimum atomic E-state index is -0.587. The van der Waals surface area contributed by atoms with Gasteiger partial charge in [-0.15, -0.1) is 0 Å². The number of carbonyl (C=O) groups is 1. The van der Waals surface area contributed by atoms with Gasteiger partial charge in [0.15, 0.2) is 6.29 Å². The number of aliphatic hydroxyl groups excluding tert-OH is 1. The molecular weight excluding hydrogens is 552 g/mol. The maximum Gasteiger partial charge on any atom is 0.315 e. The number of ether oxygens (including phenoxy) is 2. The summed E-state index contributed by atoms with van der Waals surface area (Å²) < 4.78 is 15.6. The molecule has 0 unspecified atom stereocenters. The summed E-state index contributed by atoms with van der Waals surface area (Å²) in [5.41, 5.74) is 7.96. The molecule has 1 aliphatic heterocycles. The third-order valence-corrected chi connectivity index (χ3v) is 8.24. The van der Waals surface area contributed by atoms with Gasteiger partial charge in [-0.25, -0.2) is 9.78 Å². The average molecular weight is 591 g/mol. The van der Waals surface area contributed by atoms with E-state index in [4.69, 9.17) is 9.47 Å². The Balaban J connectivity index is 1.29. The second-order valence-corrected chi connectivity index (χ2v) is 11.2. The number of imidazole rings is 1. The highest BCUT2D eigenvalue weighted by Gasteiger charge is 2.38. The molecule has 3 N–H and O–H groups in total. The first-order valence-corrected chi connectivity index (χ1v) is 15.1. The number of urea groups is 1. The molecule has 0 spiro atoms. The molecule has 2 amide bonds. The van der Waals surface area contributed by atoms with Crippen LogP contribution < -0.4 is 10.6 Å². The minimum absolute atomic E-state index is 0.000582. The maximum atomic E-state index is 11.9. The van der Waals surface area contributed by atoms with Crippen molar-refractivity contribution in [3.05, 3.63) is 126 Å². The molecule has 1 aromatic heterocycles. The molecule has 2 heterocycles. The van der Waals surface area contributed by atoms with Gasteiger partial charge in [-0.1, -0.05) is 79.7 Å². The molecule has 4 atom stereocenters. The molecule has 0 aliphatic carbocycles. The number of benzene rings is 4. The van der Waals surface area contributed by atoms with E-state index in [-0.39, 0.29) is 30.8 Å². The fourth-order valence-corrected chi connectivity index (χ4v) is 5.81. The molecule has 4 aromatic carbocycles. The number of rotatable bonds is 9. The Hall–Kier alpha value is -4.50. The predicted molar refractivity (Wildman–Crippen MR) is 170 cm³/mol. The summed E-state index contributed by atoms with van der Waals surface area (Å²) in [5, 5.41) is 15.2. The third-order valence-electron chi connectivity index (χ3n) is 8.24. The first kappa shape index (κ1) is 29.6. The van der Waals surface area contributed by atoms with Gasteiger partial charge in [0.05, 0.1) is 42.7 Å². The number of nitrogens with one attached hydrogen (secondary N) is 2. The van der Waals surface area contributed by atoms with Crippen molar-refractivity contribution >= 4 is 17.1 Å². The molecular formula is C36H38N4O4. The van der Waals surface area contributed by atoms with Crippen LogP contribution in [-0.2, 0) is 29.2 Å². The van der Waals surface area contributed by atoms with Crippen molar-refractivity contribution < 1.29 is 19.4 Å². The lowest BCUT2D eigenvalue weighted by atomic mass is 9.90. The van der Waals surface area contributed by atoms with Gasteiger partial charge in [-0.05, 0) is 59.0 Å². The van der Waals surface area contributed by atoms with E-state index in [1.165, 1.54) is 0 Å². The summed E-state index contributed by atoms with van der Waals surface area (Å²) in [7, 11) is 0. The van der Waals surface area contributed by atoms with Gasteiger partial charge in [-0.2, -0.15) is 0 Å². The van der Waals surface area contributed by atoms with E-state index < -0.39 is 6.29 Å². The SMILES string of the molecule is CCNC(=O)NCc1cccc(-c2cccc([C@H]3O[C@@H](Cn4cnc5ccccc54)[C@@H](C)[C@@H](c4ccc(CO)cc4)O3)c2)c1. The zero-order valence-corrected chi connectivity index (χ0v) is 25.0. The second kappa shape index (κ2) is 13.4. The largest absolute Gasteiger partial charge is 0.392 e. The molecule has 6 rings (SSSR count). The molecule has 8 heteroatoms. The van der Waals surface area contributed by atoms with E-state index in [9.17, 15) is 9.90 Å². The topological polar surface area (TPSA) is 97.6 Å². The number of aliphatic hydroxyl groups is 1. The van der Waals surface area contributed by atoms with Crippen LogP contribution in [0.1, 0.15) is 48.5 Å². The van der Waals surface area contributed by atoms with Crippen LogP contribution in [0.25, 0.3) is 22.2 Å². The van der Waals surface area contributed by atoms with Crippen molar-refractivity contribution in [3.8, 4) is 11.1 Å². The Bertz CT molecular complexity index is 1720. The van der Waals surface area contributed by atoms with Gasteiger partial charge in [-0.3, -0.25) is 0 Å². The van der Waals surface area contributed by atoms with Crippen molar-refractivity contribution in [2.45, 2.75) is 52.0 Å². The summed E-state index contributed by atoms with van der Waals surface area (Å²) in [5.74, 6) is 0.0460. The average Bonchev–Trinajstić information content (AvgIpc) is 3.48. The summed E-state index contributed by atoms with van der Waals surface area (Å²) in [6, 6.07) is 32.3. The van der Waals surface area contributed by atoms with Gasteiger partial charge in [0.2, 0.25) is 0 Å². The van der Waals surface area contributed by atoms with Crippen LogP contribution in [0.4, 0.5) is 4.79 Å². The van der Waals surface area contributed by atoms with Crippen molar-refractivity contribution in [1.82, 2.24) is 20.2 Å². The van der Waals surface area contributed by atoms with Gasteiger partial charge in [0.1, 0.15) is 0 Å². The second-order valence-electron chi connectivity index (χ2n) is 11.2. The first-order chi connectivity index (χ1) is 21.5. The maximum absolute atomic E-state index is 11.9. The highest BCUT2D eigenvalue weighted by Crippen LogP contribution is 2.43. The summed E-state index contributed by atoms with van der Waals surface area (Å²) in [6.07, 6.45) is 0.927. The van der Waals surface area contributed by atoms with Crippen molar-refractivity contribution in [2.24, 2.45) is 5.92 Å². The lowest BCUT2D eigenvalue weighted by Crippen LogP contribution is -2.39. The number of amides is 2. The number of hydrogen-bond acceptors (Lipinski definition) is 5. The van der Waals surface area contributed by atoms with Gasteiger partial charge in [0, 0.05) is 24.6 Å². The summed E-state index contributed by atoms with van der Waals surface area (Å²) in [4.78, 5) is 16.5. The molecule has 1 aliphatic rings. The fourth-order valence-electron chi connectivity index (χ4n) is 5.81. The van der Waals surface area contributed by atoms with E-state index >= 15 is 0 Å². The lowest BCUT2D eigenvalue weighted by Gasteiger charge is -2.41. The molecule has 1 fully saturated rings. The number of carbonyl (C=O) groups excluding carboxylic acids is 1. The van der Waals surface area contributed by atoms with E-state index in [2.05, 4.69) is 57.4 Å². The van der Waals surface area contributed by atoms with Gasteiger partial charge >= 0.3 is 6.03 Å². The molecule has 5 aromatic rings. The van der Waals surface area contributed by atoms with Crippen molar-refractivity contribution in [2.75, 3.05) is 6.54 Å². The summed E-state index contributed by atoms with van der Waals surface area (Å²) in [6.45, 7) is 5.71. The Morgan fingerprint density at radius 1 is 0.864 bits per heavy atom. The van der Waals surface area contributed by atoms with E-state index in [0.717, 1.165) is 44.4 Å². The number of nitrogens with zero attached hydrogens (tertiary/aromatic N) is 2. The van der Waals surface area contributed by atoms with Crippen molar-refractivity contribution in [3.63, 3.8) is 0 Å². The van der Waals surface area contributed by atoms with Crippen LogP contribution in [-0.4, -0.2) is 33.3 Å². The zero-order chi connectivity index (χ0) is 30.5. The zero-order valence-electron chi connectivity index (χ0n) is 25.0. The van der Waals surface area contributed by atoms with Crippen LogP contribution in [0.5, 0.6) is 0 Å². The minimum Gasteiger partial charge on any atom is -0.392 e. The number of aromatic nitrogens is 2. The highest BCUT2D eigenvalue weighted by atomic mass is 16.7. The standard InChI is InChI=1S/C36H38N4O4/c1-3-37-36(42)38-20-26-8-6-9-28(18-26)29-10-7-11-30(19-29)35-43-33(21-40-23-39-31-12-4-5-13-32(31)40)24(2)34(44-35)27-16-14-25(22-41)15-17-27/h4-19,23-24,33-35,41H,3,20-22H2,1-2H3,(H2,37,38,42)/t24-,33+,34+,35+/m1/s1. The summed E-state index contributed by atoms with van der Waals surface area (Å²) >= 11 is 0. The van der Waals surface area contributed by atoms with E-state index in [1.807, 2.05) is 80.0 Å². The quantitative estimate of drug-likeness (QED) is 0.182. The fraction of sp³-hybridized carbons (Fsp3) is 0.278. The Labute approximate surface area is 257 Å². The highest BCUT2D eigenvalue weighted by molar-refractivity contribution is 5.75. The smallest absolute Gasteiger partial charge is 0.315 e. The van der Waals surface area contributed by atoms with Crippen LogP contribution in [0.3, 0.4) is 0 Å². The van der Waals surface area contributed by atoms with Crippen LogP contribution in [0.15, 0.2) is 103 Å². The van der Waals surface area contributed by atoms with Crippen molar-refractivity contribution in [1.29, 1.82) is 0 Å². The monoisotopic (exact) mass is 590 g/mol. The van der Waals surface area contributed by atoms with E-state index in [1.54, 1.807) is 0 Å². The molecule has 8 nitrogen and oxygen atoms in total. The molecule has 0 bridgehead atoms. The normalized spacial score (nSPS) is 20.0. The Morgan fingerprint density at radius 2 is 1.64 bits per heavy atom. The van der Waals surface area contributed by atoms with Crippen LogP contribution in [0.2, 0.25) is 0 Å². The number of fused-ring (bicyclic) bond motifs is 1. The van der Waals surface area contributed by atoms with E-state index in [0.29, 0.717) is 19.6 Å². The van der Waals surface area contributed by atoms with Crippen LogP contribution in [0, 0.1) is 5.92 Å². The molecule has 44 heavy (non-hydrogen) atoms. The molecule has 226 valence electrons. The molecule has 0 radical (unpaired) electrons.